The highest BCUT2D eigenvalue weighted by molar-refractivity contribution is 7.90. The Morgan fingerprint density at radius 1 is 1.50 bits per heavy atom. The van der Waals surface area contributed by atoms with Crippen LogP contribution in [0.25, 0.3) is 0 Å². The summed E-state index contributed by atoms with van der Waals surface area (Å²) in [6.45, 7) is 4.11. The number of amidine groups is 1. The third-order valence-electron chi connectivity index (χ3n) is 4.25. The van der Waals surface area contributed by atoms with Crippen molar-refractivity contribution < 1.29 is 13.2 Å². The second kappa shape index (κ2) is 5.85. The molecule has 1 saturated heterocycles. The zero-order valence-corrected chi connectivity index (χ0v) is 13.3. The number of hydrogen-bond donors (Lipinski definition) is 2. The summed E-state index contributed by atoms with van der Waals surface area (Å²) in [5.41, 5.74) is 0.309. The first kappa shape index (κ1) is 15.2. The fraction of sp³-hybridized carbons (Fsp3) is 0.571. The first-order chi connectivity index (χ1) is 10.5. The molecule has 0 aromatic rings. The molecular formula is C14H20N4O3S. The van der Waals surface area contributed by atoms with Crippen molar-refractivity contribution in [2.45, 2.75) is 19.4 Å². The average molecular weight is 324 g/mol. The minimum Gasteiger partial charge on any atom is -0.348 e. The Kier molecular flexibility index (Phi) is 4.05. The van der Waals surface area contributed by atoms with Crippen molar-refractivity contribution in [3.8, 4) is 0 Å². The summed E-state index contributed by atoms with van der Waals surface area (Å²) >= 11 is 0. The molecule has 0 aromatic heterocycles. The van der Waals surface area contributed by atoms with E-state index in [2.05, 4.69) is 22.0 Å². The van der Waals surface area contributed by atoms with Crippen LogP contribution in [0.3, 0.4) is 0 Å². The summed E-state index contributed by atoms with van der Waals surface area (Å²) in [4.78, 5) is 14.2. The predicted molar refractivity (Wildman–Crippen MR) is 83.7 cm³/mol. The zero-order chi connectivity index (χ0) is 15.7. The minimum absolute atomic E-state index is 0.0285. The van der Waals surface area contributed by atoms with Crippen LogP contribution in [-0.4, -0.2) is 56.5 Å². The highest BCUT2D eigenvalue weighted by atomic mass is 32.2. The first-order valence-electron chi connectivity index (χ1n) is 7.46. The molecule has 8 heteroatoms. The molecule has 2 unspecified atom stereocenters. The first-order valence-corrected chi connectivity index (χ1v) is 9.07. The summed E-state index contributed by atoms with van der Waals surface area (Å²) in [7, 11) is -3.48. The Morgan fingerprint density at radius 2 is 2.32 bits per heavy atom. The molecule has 1 fully saturated rings. The number of nitrogens with zero attached hydrogens (tertiary/aromatic N) is 2. The van der Waals surface area contributed by atoms with E-state index in [1.165, 1.54) is 0 Å². The van der Waals surface area contributed by atoms with E-state index in [1.807, 2.05) is 0 Å². The summed E-state index contributed by atoms with van der Waals surface area (Å²) in [5, 5.41) is 6.25. The largest absolute Gasteiger partial charge is 0.348 e. The van der Waals surface area contributed by atoms with Gasteiger partial charge in [-0.25, -0.2) is 8.42 Å². The van der Waals surface area contributed by atoms with Gasteiger partial charge in [-0.05, 0) is 31.0 Å². The van der Waals surface area contributed by atoms with Crippen molar-refractivity contribution >= 4 is 21.8 Å². The van der Waals surface area contributed by atoms with Gasteiger partial charge in [0.2, 0.25) is 0 Å². The number of allylic oxidation sites excluding steroid dienone is 2. The van der Waals surface area contributed by atoms with E-state index in [0.29, 0.717) is 18.0 Å². The van der Waals surface area contributed by atoms with Crippen molar-refractivity contribution in [1.29, 1.82) is 0 Å². The number of amides is 1. The third-order valence-corrected chi connectivity index (χ3v) is 5.40. The molecule has 120 valence electrons. The van der Waals surface area contributed by atoms with Crippen LogP contribution in [0.1, 0.15) is 13.3 Å². The standard InChI is InChI=1S/C14H20N4O3S/c1-10-4-5-15-9-12(10)16-14(19)11-3-2-6-18-7-8-22(20,21)17-13(11)18/h2-3,6,10,12,15H,4-5,7-9H2,1H3,(H,16,19). The van der Waals surface area contributed by atoms with Gasteiger partial charge < -0.3 is 15.5 Å². The summed E-state index contributed by atoms with van der Waals surface area (Å²) in [6, 6.07) is 0.0438. The topological polar surface area (TPSA) is 90.9 Å². The molecule has 2 N–H and O–H groups in total. The van der Waals surface area contributed by atoms with Crippen molar-refractivity contribution in [2.75, 3.05) is 25.4 Å². The van der Waals surface area contributed by atoms with E-state index >= 15 is 0 Å². The van der Waals surface area contributed by atoms with Gasteiger partial charge in [0.05, 0.1) is 11.3 Å². The number of carbonyl (C=O) groups excluding carboxylic acids is 1. The quantitative estimate of drug-likeness (QED) is 0.721. The lowest BCUT2D eigenvalue weighted by molar-refractivity contribution is -0.118. The van der Waals surface area contributed by atoms with Crippen molar-refractivity contribution in [3.63, 3.8) is 0 Å². The number of sulfonamides is 1. The zero-order valence-electron chi connectivity index (χ0n) is 12.4. The number of fused-ring (bicyclic) bond motifs is 1. The van der Waals surface area contributed by atoms with Gasteiger partial charge in [0, 0.05) is 25.3 Å². The second-order valence-corrected chi connectivity index (χ2v) is 7.62. The molecule has 22 heavy (non-hydrogen) atoms. The Morgan fingerprint density at radius 3 is 3.09 bits per heavy atom. The highest BCUT2D eigenvalue weighted by Gasteiger charge is 2.31. The van der Waals surface area contributed by atoms with Gasteiger partial charge in [-0.2, -0.15) is 0 Å². The number of nitrogens with one attached hydrogen (secondary N) is 2. The normalized spacial score (nSPS) is 30.1. The van der Waals surface area contributed by atoms with Crippen LogP contribution in [0.15, 0.2) is 28.3 Å². The summed E-state index contributed by atoms with van der Waals surface area (Å²) in [5.74, 6) is 0.311. The highest BCUT2D eigenvalue weighted by Crippen LogP contribution is 2.19. The molecule has 2 atom stereocenters. The van der Waals surface area contributed by atoms with Crippen molar-refractivity contribution in [3.05, 3.63) is 23.9 Å². The maximum Gasteiger partial charge on any atom is 0.256 e. The molecule has 3 rings (SSSR count). The van der Waals surface area contributed by atoms with Crippen LogP contribution in [0.5, 0.6) is 0 Å². The maximum absolute atomic E-state index is 12.5. The lowest BCUT2D eigenvalue weighted by Gasteiger charge is -2.32. The molecule has 0 radical (unpaired) electrons. The second-order valence-electron chi connectivity index (χ2n) is 5.87. The molecule has 1 amide bonds. The van der Waals surface area contributed by atoms with E-state index in [-0.39, 0.29) is 23.5 Å². The average Bonchev–Trinajstić information content (AvgIpc) is 2.48. The third kappa shape index (κ3) is 3.07. The molecule has 3 aliphatic rings. The van der Waals surface area contributed by atoms with E-state index < -0.39 is 10.0 Å². The fourth-order valence-electron chi connectivity index (χ4n) is 2.82. The molecule has 3 aliphatic heterocycles. The lowest BCUT2D eigenvalue weighted by Crippen LogP contribution is -2.52. The van der Waals surface area contributed by atoms with Gasteiger partial charge in [-0.15, -0.1) is 4.40 Å². The predicted octanol–water partition coefficient (Wildman–Crippen LogP) is -0.402. The molecule has 3 heterocycles. The molecule has 0 aromatic carbocycles. The monoisotopic (exact) mass is 324 g/mol. The summed E-state index contributed by atoms with van der Waals surface area (Å²) in [6.07, 6.45) is 6.11. The van der Waals surface area contributed by atoms with Crippen LogP contribution < -0.4 is 10.6 Å². The van der Waals surface area contributed by atoms with E-state index in [1.54, 1.807) is 23.3 Å². The van der Waals surface area contributed by atoms with Crippen molar-refractivity contribution in [2.24, 2.45) is 10.3 Å². The minimum atomic E-state index is -3.48. The van der Waals surface area contributed by atoms with Crippen LogP contribution in [0, 0.1) is 5.92 Å². The van der Waals surface area contributed by atoms with Gasteiger partial charge in [0.25, 0.3) is 15.9 Å². The molecular weight excluding hydrogens is 304 g/mol. The Labute approximate surface area is 130 Å². The molecule has 7 nitrogen and oxygen atoms in total. The van der Waals surface area contributed by atoms with E-state index in [4.69, 9.17) is 0 Å². The number of piperidine rings is 1. The maximum atomic E-state index is 12.5. The Hall–Kier alpha value is -1.67. The Bertz CT molecular complexity index is 666. The SMILES string of the molecule is CC1CCNCC1NC(=O)C1=CC=CN2CCS(=O)(=O)N=C12. The molecule has 0 bridgehead atoms. The lowest BCUT2D eigenvalue weighted by atomic mass is 9.94. The fourth-order valence-corrected chi connectivity index (χ4v) is 3.81. The molecule has 0 spiro atoms. The van der Waals surface area contributed by atoms with Crippen LogP contribution in [0.2, 0.25) is 0 Å². The van der Waals surface area contributed by atoms with Crippen molar-refractivity contribution in [1.82, 2.24) is 15.5 Å². The van der Waals surface area contributed by atoms with Gasteiger partial charge >= 0.3 is 0 Å². The van der Waals surface area contributed by atoms with Gasteiger partial charge in [-0.1, -0.05) is 6.92 Å². The van der Waals surface area contributed by atoms with Crippen LogP contribution in [-0.2, 0) is 14.8 Å². The van der Waals surface area contributed by atoms with E-state index in [0.717, 1.165) is 19.5 Å². The van der Waals surface area contributed by atoms with E-state index in [9.17, 15) is 13.2 Å². The van der Waals surface area contributed by atoms with Crippen LogP contribution >= 0.6 is 0 Å². The number of hydrogen-bond acceptors (Lipinski definition) is 5. The van der Waals surface area contributed by atoms with Crippen LogP contribution in [0.4, 0.5) is 0 Å². The molecule has 0 saturated carbocycles. The Balaban J connectivity index is 1.80. The number of rotatable bonds is 2. The molecule has 0 aliphatic carbocycles. The summed E-state index contributed by atoms with van der Waals surface area (Å²) < 4.78 is 27.2. The van der Waals surface area contributed by atoms with Gasteiger partial charge in [0.1, 0.15) is 0 Å². The smallest absolute Gasteiger partial charge is 0.256 e. The van der Waals surface area contributed by atoms with Gasteiger partial charge in [-0.3, -0.25) is 4.79 Å². The van der Waals surface area contributed by atoms with Gasteiger partial charge in [0.15, 0.2) is 5.84 Å². The number of carbonyl (C=O) groups is 1.